The first-order valence-electron chi connectivity index (χ1n) is 7.29. The zero-order chi connectivity index (χ0) is 16.1. The van der Waals surface area contributed by atoms with Crippen LogP contribution >= 0.6 is 0 Å². The highest BCUT2D eigenvalue weighted by Crippen LogP contribution is 2.28. The molecule has 1 aliphatic heterocycles. The van der Waals surface area contributed by atoms with Crippen molar-refractivity contribution >= 4 is 17.3 Å². The number of amides is 1. The zero-order valence-corrected chi connectivity index (χ0v) is 12.9. The van der Waals surface area contributed by atoms with Crippen LogP contribution in [0.25, 0.3) is 0 Å². The van der Waals surface area contributed by atoms with Crippen molar-refractivity contribution in [2.45, 2.75) is 32.4 Å². The molecule has 0 radical (unpaired) electrons. The smallest absolute Gasteiger partial charge is 0.269 e. The van der Waals surface area contributed by atoms with Crippen LogP contribution in [-0.2, 0) is 16.1 Å². The Morgan fingerprint density at radius 2 is 2.32 bits per heavy atom. The topological polar surface area (TPSA) is 84.7 Å². The SMILES string of the molecule is COCc1cc([N+](=O)[O-])ccc1N1CCC[C@H](NC(C)=O)C1. The second kappa shape index (κ2) is 7.22. The number of nitrogens with one attached hydrogen (secondary N) is 1. The molecule has 120 valence electrons. The first-order valence-corrected chi connectivity index (χ1v) is 7.29. The van der Waals surface area contributed by atoms with E-state index in [1.165, 1.54) is 13.0 Å². The van der Waals surface area contributed by atoms with Gasteiger partial charge in [0.05, 0.1) is 11.5 Å². The average Bonchev–Trinajstić information content (AvgIpc) is 2.47. The molecule has 1 aliphatic rings. The van der Waals surface area contributed by atoms with Crippen molar-refractivity contribution in [1.82, 2.24) is 5.32 Å². The number of carbonyl (C=O) groups excluding carboxylic acids is 1. The molecule has 1 N–H and O–H groups in total. The molecule has 0 unspecified atom stereocenters. The second-order valence-corrected chi connectivity index (χ2v) is 5.49. The number of benzene rings is 1. The largest absolute Gasteiger partial charge is 0.380 e. The zero-order valence-electron chi connectivity index (χ0n) is 12.9. The van der Waals surface area contributed by atoms with Gasteiger partial charge in [-0.05, 0) is 18.9 Å². The first-order chi connectivity index (χ1) is 10.5. The number of piperidine rings is 1. The van der Waals surface area contributed by atoms with Crippen molar-refractivity contribution < 1.29 is 14.5 Å². The molecule has 1 saturated heterocycles. The number of non-ortho nitro benzene ring substituents is 1. The lowest BCUT2D eigenvalue weighted by Gasteiger charge is -2.35. The molecule has 0 spiro atoms. The van der Waals surface area contributed by atoms with E-state index in [4.69, 9.17) is 4.74 Å². The summed E-state index contributed by atoms with van der Waals surface area (Å²) in [4.78, 5) is 23.9. The predicted octanol–water partition coefficient (Wildman–Crippen LogP) is 1.85. The Hall–Kier alpha value is -2.15. The average molecular weight is 307 g/mol. The monoisotopic (exact) mass is 307 g/mol. The molecule has 22 heavy (non-hydrogen) atoms. The number of nitro benzene ring substituents is 1. The van der Waals surface area contributed by atoms with Crippen LogP contribution in [0.3, 0.4) is 0 Å². The minimum Gasteiger partial charge on any atom is -0.380 e. The number of hydrogen-bond donors (Lipinski definition) is 1. The molecule has 1 heterocycles. The Labute approximate surface area is 129 Å². The lowest BCUT2D eigenvalue weighted by molar-refractivity contribution is -0.384. The minimum absolute atomic E-state index is 0.0346. The standard InChI is InChI=1S/C15H21N3O4/c1-11(19)16-13-4-3-7-17(9-13)15-6-5-14(18(20)21)8-12(15)10-22-2/h5-6,8,13H,3-4,7,9-10H2,1-2H3,(H,16,19)/t13-/m0/s1. The van der Waals surface area contributed by atoms with Gasteiger partial charge in [-0.15, -0.1) is 0 Å². The molecule has 1 fully saturated rings. The molecule has 2 rings (SSSR count). The third-order valence-corrected chi connectivity index (χ3v) is 3.74. The molecular formula is C15H21N3O4. The van der Waals surface area contributed by atoms with E-state index in [2.05, 4.69) is 10.2 Å². The van der Waals surface area contributed by atoms with E-state index in [0.29, 0.717) is 13.2 Å². The van der Waals surface area contributed by atoms with Gasteiger partial charge in [-0.25, -0.2) is 0 Å². The van der Waals surface area contributed by atoms with Crippen LogP contribution < -0.4 is 10.2 Å². The fourth-order valence-electron chi connectivity index (χ4n) is 2.87. The third-order valence-electron chi connectivity index (χ3n) is 3.74. The molecule has 1 atom stereocenters. The molecule has 1 amide bonds. The summed E-state index contributed by atoms with van der Waals surface area (Å²) in [5, 5.41) is 13.9. The molecule has 0 bridgehead atoms. The van der Waals surface area contributed by atoms with E-state index >= 15 is 0 Å². The number of nitrogens with zero attached hydrogens (tertiary/aromatic N) is 2. The molecule has 7 nitrogen and oxygen atoms in total. The highest BCUT2D eigenvalue weighted by atomic mass is 16.6. The summed E-state index contributed by atoms with van der Waals surface area (Å²) in [6.45, 7) is 3.40. The van der Waals surface area contributed by atoms with Crippen molar-refractivity contribution in [3.8, 4) is 0 Å². The van der Waals surface area contributed by atoms with Gasteiger partial charge >= 0.3 is 0 Å². The minimum atomic E-state index is -0.404. The van der Waals surface area contributed by atoms with E-state index in [-0.39, 0.29) is 17.6 Å². The molecule has 7 heteroatoms. The number of hydrogen-bond acceptors (Lipinski definition) is 5. The summed E-state index contributed by atoms with van der Waals surface area (Å²) in [5.74, 6) is -0.0346. The summed E-state index contributed by atoms with van der Waals surface area (Å²) in [5.41, 5.74) is 1.79. The maximum Gasteiger partial charge on any atom is 0.269 e. The second-order valence-electron chi connectivity index (χ2n) is 5.49. The molecular weight excluding hydrogens is 286 g/mol. The van der Waals surface area contributed by atoms with Crippen LogP contribution in [0.1, 0.15) is 25.3 Å². The molecule has 1 aromatic carbocycles. The highest BCUT2D eigenvalue weighted by molar-refractivity contribution is 5.73. The summed E-state index contributed by atoms with van der Waals surface area (Å²) in [6.07, 6.45) is 1.91. The highest BCUT2D eigenvalue weighted by Gasteiger charge is 2.23. The quantitative estimate of drug-likeness (QED) is 0.663. The van der Waals surface area contributed by atoms with Gasteiger partial charge in [0.1, 0.15) is 0 Å². The molecule has 0 saturated carbocycles. The fourth-order valence-corrected chi connectivity index (χ4v) is 2.87. The number of anilines is 1. The Balaban J connectivity index is 2.22. The van der Waals surface area contributed by atoms with Crippen LogP contribution in [0.5, 0.6) is 0 Å². The lowest BCUT2D eigenvalue weighted by atomic mass is 10.0. The van der Waals surface area contributed by atoms with Gasteiger partial charge in [0, 0.05) is 56.5 Å². The van der Waals surface area contributed by atoms with Crippen molar-refractivity contribution in [1.29, 1.82) is 0 Å². The third kappa shape index (κ3) is 3.94. The van der Waals surface area contributed by atoms with Crippen molar-refractivity contribution in [2.24, 2.45) is 0 Å². The van der Waals surface area contributed by atoms with E-state index in [9.17, 15) is 14.9 Å². The van der Waals surface area contributed by atoms with E-state index in [1.807, 2.05) is 0 Å². The number of nitro groups is 1. The summed E-state index contributed by atoms with van der Waals surface area (Å²) < 4.78 is 5.17. The number of methoxy groups -OCH3 is 1. The Morgan fingerprint density at radius 1 is 1.55 bits per heavy atom. The molecule has 0 aliphatic carbocycles. The van der Waals surface area contributed by atoms with Gasteiger partial charge in [-0.2, -0.15) is 0 Å². The maximum absolute atomic E-state index is 11.2. The Morgan fingerprint density at radius 3 is 2.95 bits per heavy atom. The van der Waals surface area contributed by atoms with E-state index in [0.717, 1.165) is 30.6 Å². The van der Waals surface area contributed by atoms with Gasteiger partial charge in [0.2, 0.25) is 5.91 Å². The number of carbonyl (C=O) groups is 1. The van der Waals surface area contributed by atoms with Crippen LogP contribution in [-0.4, -0.2) is 37.1 Å². The van der Waals surface area contributed by atoms with Crippen LogP contribution in [0.15, 0.2) is 18.2 Å². The number of ether oxygens (including phenoxy) is 1. The summed E-state index contributed by atoms with van der Waals surface area (Å²) in [6, 6.07) is 4.94. The lowest BCUT2D eigenvalue weighted by Crippen LogP contribution is -2.47. The predicted molar refractivity (Wildman–Crippen MR) is 82.9 cm³/mol. The van der Waals surface area contributed by atoms with Crippen molar-refractivity contribution in [2.75, 3.05) is 25.1 Å². The number of rotatable bonds is 5. The normalized spacial score (nSPS) is 18.1. The first kappa shape index (κ1) is 16.2. The van der Waals surface area contributed by atoms with Gasteiger partial charge < -0.3 is 15.0 Å². The van der Waals surface area contributed by atoms with Crippen LogP contribution in [0.2, 0.25) is 0 Å². The van der Waals surface area contributed by atoms with E-state index < -0.39 is 4.92 Å². The van der Waals surface area contributed by atoms with Crippen molar-refractivity contribution in [3.05, 3.63) is 33.9 Å². The van der Waals surface area contributed by atoms with Crippen LogP contribution in [0.4, 0.5) is 11.4 Å². The summed E-state index contributed by atoms with van der Waals surface area (Å²) in [7, 11) is 1.57. The van der Waals surface area contributed by atoms with Crippen molar-refractivity contribution in [3.63, 3.8) is 0 Å². The van der Waals surface area contributed by atoms with Crippen LogP contribution in [0, 0.1) is 10.1 Å². The maximum atomic E-state index is 11.2. The Bertz CT molecular complexity index is 562. The Kier molecular flexibility index (Phi) is 5.32. The fraction of sp³-hybridized carbons (Fsp3) is 0.533. The van der Waals surface area contributed by atoms with E-state index in [1.54, 1.807) is 19.2 Å². The summed E-state index contributed by atoms with van der Waals surface area (Å²) >= 11 is 0. The van der Waals surface area contributed by atoms with Gasteiger partial charge in [0.15, 0.2) is 0 Å². The van der Waals surface area contributed by atoms with Gasteiger partial charge in [-0.3, -0.25) is 14.9 Å². The van der Waals surface area contributed by atoms with Gasteiger partial charge in [-0.1, -0.05) is 0 Å². The molecule has 1 aromatic rings. The molecule has 0 aromatic heterocycles. The van der Waals surface area contributed by atoms with Gasteiger partial charge in [0.25, 0.3) is 5.69 Å².